The summed E-state index contributed by atoms with van der Waals surface area (Å²) in [7, 11) is 0. The normalized spacial score (nSPS) is 12.6. The van der Waals surface area contributed by atoms with E-state index < -0.39 is 22.7 Å². The highest BCUT2D eigenvalue weighted by molar-refractivity contribution is 6.02. The number of hydrazone groups is 1. The van der Waals surface area contributed by atoms with Gasteiger partial charge in [0.15, 0.2) is 0 Å². The topological polar surface area (TPSA) is 111 Å². The molecule has 0 fully saturated rings. The van der Waals surface area contributed by atoms with Gasteiger partial charge < -0.3 is 4.74 Å². The molecule has 0 aliphatic rings. The maximum absolute atomic E-state index is 12.0. The second-order valence-electron chi connectivity index (χ2n) is 5.47. The number of benzene rings is 1. The first-order chi connectivity index (χ1) is 11.3. The van der Waals surface area contributed by atoms with E-state index in [0.717, 1.165) is 0 Å². The summed E-state index contributed by atoms with van der Waals surface area (Å²) in [5.41, 5.74) is 2.91. The zero-order chi connectivity index (χ0) is 18.3. The Morgan fingerprint density at radius 2 is 1.88 bits per heavy atom. The van der Waals surface area contributed by atoms with Crippen molar-refractivity contribution in [2.45, 2.75) is 27.7 Å². The molecule has 1 N–H and O–H groups in total. The smallest absolute Gasteiger partial charge is 0.314 e. The molecule has 0 bridgehead atoms. The van der Waals surface area contributed by atoms with Gasteiger partial charge in [-0.3, -0.25) is 19.7 Å². The fourth-order valence-electron chi connectivity index (χ4n) is 2.16. The largest absolute Gasteiger partial charge is 0.465 e. The summed E-state index contributed by atoms with van der Waals surface area (Å²) in [5.74, 6) is -1.50. The standard InChI is InChI=1S/C16H21N3O5/c1-5-24-16(21)14(10(2)3)11(4)17-18-15(20)12-6-8-13(9-7-12)19(22)23/h6-10,14H,5H2,1-4H3,(H,18,20)/t14-/m0/s1. The molecule has 8 heteroatoms. The van der Waals surface area contributed by atoms with E-state index in [4.69, 9.17) is 4.74 Å². The van der Waals surface area contributed by atoms with E-state index in [9.17, 15) is 19.7 Å². The van der Waals surface area contributed by atoms with Crippen LogP contribution in [0.15, 0.2) is 29.4 Å². The van der Waals surface area contributed by atoms with Gasteiger partial charge in [0.1, 0.15) is 0 Å². The lowest BCUT2D eigenvalue weighted by molar-refractivity contribution is -0.384. The third-order valence-corrected chi connectivity index (χ3v) is 3.33. The molecule has 0 aliphatic heterocycles. The average Bonchev–Trinajstić information content (AvgIpc) is 2.52. The molecule has 0 aromatic heterocycles. The van der Waals surface area contributed by atoms with Crippen molar-refractivity contribution in [3.05, 3.63) is 39.9 Å². The minimum absolute atomic E-state index is 0.0379. The number of nitrogens with zero attached hydrogens (tertiary/aromatic N) is 2. The van der Waals surface area contributed by atoms with Crippen molar-refractivity contribution in [3.8, 4) is 0 Å². The van der Waals surface area contributed by atoms with E-state index in [1.807, 2.05) is 13.8 Å². The molecule has 0 unspecified atom stereocenters. The molecular weight excluding hydrogens is 314 g/mol. The Hall–Kier alpha value is -2.77. The number of amides is 1. The van der Waals surface area contributed by atoms with Crippen LogP contribution in [0.4, 0.5) is 5.69 Å². The Labute approximate surface area is 140 Å². The fraction of sp³-hybridized carbons (Fsp3) is 0.438. The number of carbonyl (C=O) groups excluding carboxylic acids is 2. The van der Waals surface area contributed by atoms with Crippen LogP contribution in [0.3, 0.4) is 0 Å². The van der Waals surface area contributed by atoms with Crippen LogP contribution in [0.25, 0.3) is 0 Å². The van der Waals surface area contributed by atoms with Gasteiger partial charge in [-0.15, -0.1) is 0 Å². The number of carbonyl (C=O) groups is 2. The van der Waals surface area contributed by atoms with Crippen molar-refractivity contribution < 1.29 is 19.2 Å². The molecule has 1 aromatic carbocycles. The summed E-state index contributed by atoms with van der Waals surface area (Å²) >= 11 is 0. The lowest BCUT2D eigenvalue weighted by Gasteiger charge is -2.18. The molecule has 0 radical (unpaired) electrons. The maximum atomic E-state index is 12.0. The van der Waals surface area contributed by atoms with E-state index in [1.54, 1.807) is 13.8 Å². The van der Waals surface area contributed by atoms with Crippen molar-refractivity contribution in [1.82, 2.24) is 5.43 Å². The van der Waals surface area contributed by atoms with Gasteiger partial charge in [-0.25, -0.2) is 5.43 Å². The Bertz CT molecular complexity index is 638. The van der Waals surface area contributed by atoms with E-state index in [0.29, 0.717) is 5.71 Å². The minimum Gasteiger partial charge on any atom is -0.465 e. The van der Waals surface area contributed by atoms with Crippen LogP contribution in [0, 0.1) is 22.0 Å². The molecule has 8 nitrogen and oxygen atoms in total. The number of nitrogens with one attached hydrogen (secondary N) is 1. The minimum atomic E-state index is -0.554. The van der Waals surface area contributed by atoms with Gasteiger partial charge in [0.05, 0.1) is 17.4 Å². The van der Waals surface area contributed by atoms with Crippen LogP contribution < -0.4 is 5.43 Å². The van der Waals surface area contributed by atoms with E-state index in [1.165, 1.54) is 24.3 Å². The van der Waals surface area contributed by atoms with Crippen molar-refractivity contribution in [2.24, 2.45) is 16.9 Å². The van der Waals surface area contributed by atoms with Crippen molar-refractivity contribution in [1.29, 1.82) is 0 Å². The Morgan fingerprint density at radius 1 is 1.29 bits per heavy atom. The molecule has 24 heavy (non-hydrogen) atoms. The van der Waals surface area contributed by atoms with E-state index in [2.05, 4.69) is 10.5 Å². The summed E-state index contributed by atoms with van der Waals surface area (Å²) in [5, 5.41) is 14.6. The Balaban J connectivity index is 2.83. The second-order valence-corrected chi connectivity index (χ2v) is 5.47. The molecule has 0 heterocycles. The summed E-state index contributed by atoms with van der Waals surface area (Å²) < 4.78 is 5.02. The number of hydrogen-bond acceptors (Lipinski definition) is 6. The predicted octanol–water partition coefficient (Wildman–Crippen LogP) is 2.54. The average molecular weight is 335 g/mol. The number of non-ortho nitro benzene ring substituents is 1. The third kappa shape index (κ3) is 5.15. The van der Waals surface area contributed by atoms with Crippen LogP contribution in [0.2, 0.25) is 0 Å². The lowest BCUT2D eigenvalue weighted by Crippen LogP contribution is -2.31. The van der Waals surface area contributed by atoms with Crippen LogP contribution >= 0.6 is 0 Å². The first kappa shape index (κ1) is 19.3. The number of nitro benzene ring substituents is 1. The van der Waals surface area contributed by atoms with Crippen LogP contribution in [-0.4, -0.2) is 29.1 Å². The highest BCUT2D eigenvalue weighted by Crippen LogP contribution is 2.15. The van der Waals surface area contributed by atoms with Gasteiger partial charge in [0.2, 0.25) is 0 Å². The summed E-state index contributed by atoms with van der Waals surface area (Å²) in [6.45, 7) is 7.35. The molecule has 0 spiro atoms. The van der Waals surface area contributed by atoms with Gasteiger partial charge in [-0.1, -0.05) is 13.8 Å². The van der Waals surface area contributed by atoms with Crippen LogP contribution in [0.5, 0.6) is 0 Å². The number of ether oxygens (including phenoxy) is 1. The molecule has 0 saturated carbocycles. The molecule has 1 atom stereocenters. The van der Waals surface area contributed by atoms with Gasteiger partial charge in [-0.2, -0.15) is 5.10 Å². The van der Waals surface area contributed by atoms with Gasteiger partial charge >= 0.3 is 5.97 Å². The third-order valence-electron chi connectivity index (χ3n) is 3.33. The van der Waals surface area contributed by atoms with E-state index >= 15 is 0 Å². The van der Waals surface area contributed by atoms with Crippen molar-refractivity contribution >= 4 is 23.3 Å². The predicted molar refractivity (Wildman–Crippen MR) is 88.6 cm³/mol. The van der Waals surface area contributed by atoms with Gasteiger partial charge in [0.25, 0.3) is 11.6 Å². The van der Waals surface area contributed by atoms with Gasteiger partial charge in [-0.05, 0) is 31.9 Å². The number of esters is 1. The lowest BCUT2D eigenvalue weighted by atomic mass is 9.92. The molecular formula is C16H21N3O5. The molecule has 1 amide bonds. The van der Waals surface area contributed by atoms with Crippen molar-refractivity contribution in [3.63, 3.8) is 0 Å². The fourth-order valence-corrected chi connectivity index (χ4v) is 2.16. The van der Waals surface area contributed by atoms with Crippen molar-refractivity contribution in [2.75, 3.05) is 6.61 Å². The zero-order valence-corrected chi connectivity index (χ0v) is 14.1. The number of rotatable bonds is 7. The molecule has 1 rings (SSSR count). The zero-order valence-electron chi connectivity index (χ0n) is 14.1. The number of hydrogen-bond donors (Lipinski definition) is 1. The molecule has 130 valence electrons. The summed E-state index contributed by atoms with van der Waals surface area (Å²) in [4.78, 5) is 34.0. The first-order valence-corrected chi connectivity index (χ1v) is 7.53. The van der Waals surface area contributed by atoms with Crippen LogP contribution in [-0.2, 0) is 9.53 Å². The number of nitro groups is 1. The molecule has 1 aromatic rings. The van der Waals surface area contributed by atoms with Gasteiger partial charge in [0, 0.05) is 23.4 Å². The maximum Gasteiger partial charge on any atom is 0.314 e. The quantitative estimate of drug-likeness (QED) is 0.356. The highest BCUT2D eigenvalue weighted by Gasteiger charge is 2.26. The Morgan fingerprint density at radius 3 is 2.33 bits per heavy atom. The summed E-state index contributed by atoms with van der Waals surface area (Å²) in [6.07, 6.45) is 0. The van der Waals surface area contributed by atoms with E-state index in [-0.39, 0.29) is 23.8 Å². The highest BCUT2D eigenvalue weighted by atomic mass is 16.6. The second kappa shape index (κ2) is 8.76. The molecule has 0 aliphatic carbocycles. The Kier molecular flexibility index (Phi) is 7.03. The summed E-state index contributed by atoms with van der Waals surface area (Å²) in [6, 6.07) is 5.15. The van der Waals surface area contributed by atoms with Crippen LogP contribution in [0.1, 0.15) is 38.1 Å². The first-order valence-electron chi connectivity index (χ1n) is 7.53. The molecule has 0 saturated heterocycles. The SMILES string of the molecule is CCOC(=O)[C@H](C(C)=NNC(=O)c1ccc([N+](=O)[O-])cc1)C(C)C. The monoisotopic (exact) mass is 335 g/mol.